The number of carbonyl (C=O) groups excluding carboxylic acids is 1. The van der Waals surface area contributed by atoms with Crippen LogP contribution >= 0.6 is 22.6 Å². The van der Waals surface area contributed by atoms with Gasteiger partial charge in [-0.15, -0.1) is 0 Å². The first kappa shape index (κ1) is 12.2. The molecule has 0 bridgehead atoms. The van der Waals surface area contributed by atoms with Gasteiger partial charge in [0.15, 0.2) is 0 Å². The second-order valence-corrected chi connectivity index (χ2v) is 4.89. The Bertz CT molecular complexity index is 564. The van der Waals surface area contributed by atoms with Crippen LogP contribution in [0.5, 0.6) is 0 Å². The molecule has 2 aromatic rings. The minimum atomic E-state index is -0.0583. The van der Waals surface area contributed by atoms with Crippen molar-refractivity contribution in [3.63, 3.8) is 0 Å². The second kappa shape index (κ2) is 4.91. The fourth-order valence-electron chi connectivity index (χ4n) is 1.68. The summed E-state index contributed by atoms with van der Waals surface area (Å²) in [7, 11) is 0. The van der Waals surface area contributed by atoms with E-state index >= 15 is 0 Å². The van der Waals surface area contributed by atoms with Crippen molar-refractivity contribution in [3.05, 3.63) is 21.8 Å². The molecule has 0 aliphatic heterocycles. The number of rotatable bonds is 3. The summed E-state index contributed by atoms with van der Waals surface area (Å²) >= 11 is 2.22. The summed E-state index contributed by atoms with van der Waals surface area (Å²) < 4.78 is 2.81. The largest absolute Gasteiger partial charge is 0.369 e. The lowest BCUT2D eigenvalue weighted by Gasteiger charge is -2.06. The highest BCUT2D eigenvalue weighted by Crippen LogP contribution is 2.19. The van der Waals surface area contributed by atoms with Crippen molar-refractivity contribution in [2.24, 2.45) is 0 Å². The minimum absolute atomic E-state index is 0.0583. The molecular weight excluding hydrogens is 331 g/mol. The van der Waals surface area contributed by atoms with Crippen molar-refractivity contribution in [3.8, 4) is 0 Å². The van der Waals surface area contributed by atoms with Crippen molar-refractivity contribution < 1.29 is 4.79 Å². The molecule has 5 nitrogen and oxygen atoms in total. The van der Waals surface area contributed by atoms with Gasteiger partial charge in [0.2, 0.25) is 11.9 Å². The number of halogens is 1. The van der Waals surface area contributed by atoms with Gasteiger partial charge in [-0.3, -0.25) is 4.79 Å². The summed E-state index contributed by atoms with van der Waals surface area (Å²) in [6.45, 7) is 2.70. The Morgan fingerprint density at radius 3 is 3.06 bits per heavy atom. The molecule has 1 aromatic carbocycles. The number of likely N-dealkylation sites (N-methyl/N-ethyl adjacent to an activating group) is 1. The smallest absolute Gasteiger partial charge is 0.240 e. The Morgan fingerprint density at radius 2 is 2.35 bits per heavy atom. The summed E-state index contributed by atoms with van der Waals surface area (Å²) in [5, 5.41) is 2.74. The van der Waals surface area contributed by atoms with E-state index in [1.165, 1.54) is 0 Å². The average Bonchev–Trinajstić information content (AvgIpc) is 2.55. The number of hydrogen-bond acceptors (Lipinski definition) is 3. The number of fused-ring (bicyclic) bond motifs is 1. The van der Waals surface area contributed by atoms with Crippen LogP contribution in [-0.2, 0) is 11.3 Å². The van der Waals surface area contributed by atoms with E-state index in [2.05, 4.69) is 32.9 Å². The topological polar surface area (TPSA) is 72.9 Å². The van der Waals surface area contributed by atoms with E-state index in [0.717, 1.165) is 14.6 Å². The normalized spacial score (nSPS) is 10.7. The van der Waals surface area contributed by atoms with Gasteiger partial charge in [0.25, 0.3) is 0 Å². The molecule has 3 N–H and O–H groups in total. The van der Waals surface area contributed by atoms with Crippen molar-refractivity contribution in [1.29, 1.82) is 0 Å². The lowest BCUT2D eigenvalue weighted by Crippen LogP contribution is -2.27. The van der Waals surface area contributed by atoms with Gasteiger partial charge in [-0.1, -0.05) is 0 Å². The van der Waals surface area contributed by atoms with E-state index in [1.54, 1.807) is 4.57 Å². The van der Waals surface area contributed by atoms with Crippen molar-refractivity contribution in [1.82, 2.24) is 14.9 Å². The fourth-order valence-corrected chi connectivity index (χ4v) is 2.16. The maximum absolute atomic E-state index is 11.6. The summed E-state index contributed by atoms with van der Waals surface area (Å²) in [6.07, 6.45) is 0. The van der Waals surface area contributed by atoms with Crippen LogP contribution in [0.2, 0.25) is 0 Å². The van der Waals surface area contributed by atoms with E-state index in [1.807, 2.05) is 25.1 Å². The second-order valence-electron chi connectivity index (χ2n) is 3.64. The monoisotopic (exact) mass is 344 g/mol. The van der Waals surface area contributed by atoms with Gasteiger partial charge in [0.05, 0.1) is 11.0 Å². The number of anilines is 1. The Labute approximate surface area is 113 Å². The minimum Gasteiger partial charge on any atom is -0.369 e. The van der Waals surface area contributed by atoms with Crippen LogP contribution in [0.3, 0.4) is 0 Å². The van der Waals surface area contributed by atoms with Crippen LogP contribution in [0.4, 0.5) is 5.95 Å². The Kier molecular flexibility index (Phi) is 3.51. The van der Waals surface area contributed by atoms with Gasteiger partial charge in [-0.2, -0.15) is 0 Å². The van der Waals surface area contributed by atoms with Crippen LogP contribution in [-0.4, -0.2) is 22.0 Å². The SMILES string of the molecule is CCNC(=O)Cn1c(N)nc2cc(I)ccc21. The lowest BCUT2D eigenvalue weighted by molar-refractivity contribution is -0.121. The summed E-state index contributed by atoms with van der Waals surface area (Å²) in [5.41, 5.74) is 7.52. The number of amides is 1. The van der Waals surface area contributed by atoms with Crippen LogP contribution in [0.1, 0.15) is 6.92 Å². The third-order valence-corrected chi connectivity index (χ3v) is 3.09. The molecule has 0 aliphatic carbocycles. The number of nitrogens with zero attached hydrogens (tertiary/aromatic N) is 2. The first-order valence-corrected chi connectivity index (χ1v) is 6.37. The Morgan fingerprint density at radius 1 is 1.59 bits per heavy atom. The van der Waals surface area contributed by atoms with Gasteiger partial charge >= 0.3 is 0 Å². The zero-order chi connectivity index (χ0) is 12.4. The highest BCUT2D eigenvalue weighted by Gasteiger charge is 2.11. The molecular formula is C11H13IN4O. The van der Waals surface area contributed by atoms with Crippen molar-refractivity contribution in [2.45, 2.75) is 13.5 Å². The number of carbonyl (C=O) groups is 1. The molecule has 0 radical (unpaired) electrons. The summed E-state index contributed by atoms with van der Waals surface area (Å²) in [4.78, 5) is 15.8. The van der Waals surface area contributed by atoms with E-state index in [-0.39, 0.29) is 12.5 Å². The number of hydrogen-bond donors (Lipinski definition) is 2. The molecule has 1 amide bonds. The van der Waals surface area contributed by atoms with Crippen molar-refractivity contribution >= 4 is 45.5 Å². The molecule has 0 saturated carbocycles. The van der Waals surface area contributed by atoms with Crippen LogP contribution in [0.15, 0.2) is 18.2 Å². The third kappa shape index (κ3) is 2.51. The predicted molar refractivity (Wildman–Crippen MR) is 75.5 cm³/mol. The molecule has 0 atom stereocenters. The number of nitrogens with one attached hydrogen (secondary N) is 1. The zero-order valence-electron chi connectivity index (χ0n) is 9.40. The average molecular weight is 344 g/mol. The molecule has 1 heterocycles. The highest BCUT2D eigenvalue weighted by atomic mass is 127. The maximum atomic E-state index is 11.6. The molecule has 90 valence electrons. The molecule has 17 heavy (non-hydrogen) atoms. The number of nitrogens with two attached hydrogens (primary N) is 1. The summed E-state index contributed by atoms with van der Waals surface area (Å²) in [6, 6.07) is 5.85. The maximum Gasteiger partial charge on any atom is 0.240 e. The molecule has 0 unspecified atom stereocenters. The Balaban J connectivity index is 2.39. The number of imidazole rings is 1. The lowest BCUT2D eigenvalue weighted by atomic mass is 10.3. The molecule has 2 rings (SSSR count). The Hall–Kier alpha value is -1.31. The van der Waals surface area contributed by atoms with E-state index in [0.29, 0.717) is 12.5 Å². The van der Waals surface area contributed by atoms with Crippen LogP contribution < -0.4 is 11.1 Å². The van der Waals surface area contributed by atoms with E-state index in [9.17, 15) is 4.79 Å². The first-order valence-electron chi connectivity index (χ1n) is 5.29. The highest BCUT2D eigenvalue weighted by molar-refractivity contribution is 14.1. The first-order chi connectivity index (χ1) is 8.11. The van der Waals surface area contributed by atoms with Gasteiger partial charge < -0.3 is 15.6 Å². The van der Waals surface area contributed by atoms with Crippen LogP contribution in [0, 0.1) is 3.57 Å². The quantitative estimate of drug-likeness (QED) is 0.826. The van der Waals surface area contributed by atoms with E-state index in [4.69, 9.17) is 5.73 Å². The van der Waals surface area contributed by atoms with E-state index < -0.39 is 0 Å². The number of aromatic nitrogens is 2. The zero-order valence-corrected chi connectivity index (χ0v) is 11.6. The third-order valence-electron chi connectivity index (χ3n) is 2.42. The molecule has 0 aliphatic rings. The van der Waals surface area contributed by atoms with Crippen molar-refractivity contribution in [2.75, 3.05) is 12.3 Å². The predicted octanol–water partition coefficient (Wildman–Crippen LogP) is 1.36. The molecule has 0 spiro atoms. The van der Waals surface area contributed by atoms with Gasteiger partial charge in [-0.25, -0.2) is 4.98 Å². The number of nitrogen functional groups attached to an aromatic ring is 1. The molecule has 0 saturated heterocycles. The van der Waals surface area contributed by atoms with Gasteiger partial charge in [0.1, 0.15) is 6.54 Å². The molecule has 0 fully saturated rings. The molecule has 6 heteroatoms. The molecule has 1 aromatic heterocycles. The van der Waals surface area contributed by atoms with Gasteiger partial charge in [0, 0.05) is 10.1 Å². The van der Waals surface area contributed by atoms with Crippen LogP contribution in [0.25, 0.3) is 11.0 Å². The fraction of sp³-hybridized carbons (Fsp3) is 0.273. The summed E-state index contributed by atoms with van der Waals surface area (Å²) in [5.74, 6) is 0.310. The standard InChI is InChI=1S/C11H13IN4O/c1-2-14-10(17)6-16-9-4-3-7(12)5-8(9)15-11(16)13/h3-5H,2,6H2,1H3,(H2,13,15)(H,14,17). The van der Waals surface area contributed by atoms with Gasteiger partial charge in [-0.05, 0) is 47.7 Å². The number of benzene rings is 1.